The van der Waals surface area contributed by atoms with Crippen LogP contribution in [-0.4, -0.2) is 43.3 Å². The molecule has 0 saturated heterocycles. The van der Waals surface area contributed by atoms with Crippen molar-refractivity contribution in [3.8, 4) is 0 Å². The van der Waals surface area contributed by atoms with Gasteiger partial charge in [-0.15, -0.1) is 11.3 Å². The van der Waals surface area contributed by atoms with Crippen LogP contribution in [0.2, 0.25) is 0 Å². The van der Waals surface area contributed by atoms with Crippen LogP contribution in [0.15, 0.2) is 35.5 Å². The predicted molar refractivity (Wildman–Crippen MR) is 99.4 cm³/mol. The van der Waals surface area contributed by atoms with Crippen molar-refractivity contribution in [3.63, 3.8) is 0 Å². The van der Waals surface area contributed by atoms with E-state index in [-0.39, 0.29) is 4.90 Å². The van der Waals surface area contributed by atoms with Crippen molar-refractivity contribution >= 4 is 37.4 Å². The number of thiophene rings is 1. The summed E-state index contributed by atoms with van der Waals surface area (Å²) in [6, 6.07) is 4.95. The molecule has 1 aliphatic heterocycles. The Bertz CT molecular complexity index is 1080. The van der Waals surface area contributed by atoms with E-state index in [0.29, 0.717) is 19.5 Å². The number of sulfonamides is 1. The summed E-state index contributed by atoms with van der Waals surface area (Å²) in [6.45, 7) is 0.670. The third-order valence-corrected chi connectivity index (χ3v) is 7.44. The van der Waals surface area contributed by atoms with Gasteiger partial charge >= 0.3 is 0 Å². The lowest BCUT2D eigenvalue weighted by Gasteiger charge is -2.26. The van der Waals surface area contributed by atoms with Crippen LogP contribution in [0, 0.1) is 5.82 Å². The zero-order valence-corrected chi connectivity index (χ0v) is 15.9. The van der Waals surface area contributed by atoms with Gasteiger partial charge in [0.15, 0.2) is 0 Å². The summed E-state index contributed by atoms with van der Waals surface area (Å²) in [4.78, 5) is 12.6. The summed E-state index contributed by atoms with van der Waals surface area (Å²) in [7, 11) is 0.203. The zero-order chi connectivity index (χ0) is 18.5. The highest BCUT2D eigenvalue weighted by Crippen LogP contribution is 2.39. The number of anilines is 1. The second-order valence-electron chi connectivity index (χ2n) is 6.32. The van der Waals surface area contributed by atoms with Gasteiger partial charge < -0.3 is 4.90 Å². The van der Waals surface area contributed by atoms with E-state index in [9.17, 15) is 12.8 Å². The van der Waals surface area contributed by atoms with Gasteiger partial charge in [0.2, 0.25) is 10.0 Å². The molecule has 0 radical (unpaired) electrons. The number of halogens is 1. The summed E-state index contributed by atoms with van der Waals surface area (Å²) in [5.74, 6) is 0.395. The highest BCUT2D eigenvalue weighted by Gasteiger charge is 2.31. The number of fused-ring (bicyclic) bond motifs is 3. The van der Waals surface area contributed by atoms with Crippen molar-refractivity contribution in [1.82, 2.24) is 14.3 Å². The van der Waals surface area contributed by atoms with Crippen molar-refractivity contribution in [2.24, 2.45) is 0 Å². The molecule has 1 aromatic carbocycles. The first-order valence-corrected chi connectivity index (χ1v) is 10.3. The van der Waals surface area contributed by atoms with Gasteiger partial charge in [0.1, 0.15) is 22.8 Å². The number of nitrogens with zero attached hydrogens (tertiary/aromatic N) is 4. The lowest BCUT2D eigenvalue weighted by Crippen LogP contribution is -2.35. The van der Waals surface area contributed by atoms with Crippen LogP contribution in [0.3, 0.4) is 0 Å². The molecule has 2 aromatic heterocycles. The molecule has 0 fully saturated rings. The molecule has 0 atom stereocenters. The number of aromatic nitrogens is 2. The van der Waals surface area contributed by atoms with Crippen LogP contribution in [0.4, 0.5) is 10.2 Å². The quantitative estimate of drug-likeness (QED) is 0.686. The van der Waals surface area contributed by atoms with E-state index < -0.39 is 15.8 Å². The molecule has 4 rings (SSSR count). The molecular formula is C17H17FN4O2S2. The van der Waals surface area contributed by atoms with Gasteiger partial charge in [0.05, 0.1) is 10.3 Å². The van der Waals surface area contributed by atoms with E-state index >= 15 is 0 Å². The van der Waals surface area contributed by atoms with E-state index in [0.717, 1.165) is 26.5 Å². The maximum atomic E-state index is 13.1. The molecule has 0 spiro atoms. The molecule has 0 amide bonds. The molecule has 6 nitrogen and oxygen atoms in total. The Labute approximate surface area is 155 Å². The highest BCUT2D eigenvalue weighted by molar-refractivity contribution is 7.89. The van der Waals surface area contributed by atoms with Crippen LogP contribution in [0.1, 0.15) is 10.4 Å². The van der Waals surface area contributed by atoms with Gasteiger partial charge in [-0.2, -0.15) is 4.31 Å². The van der Waals surface area contributed by atoms with Gasteiger partial charge in [0.25, 0.3) is 0 Å². The first-order chi connectivity index (χ1) is 12.4. The number of benzene rings is 1. The normalized spacial score (nSPS) is 15.2. The molecule has 0 saturated carbocycles. The first-order valence-electron chi connectivity index (χ1n) is 8.06. The molecular weight excluding hydrogens is 375 g/mol. The summed E-state index contributed by atoms with van der Waals surface area (Å²) in [5, 5.41) is 1.01. The summed E-state index contributed by atoms with van der Waals surface area (Å²) in [6.07, 6.45) is 2.14. The van der Waals surface area contributed by atoms with E-state index in [1.807, 2.05) is 19.0 Å². The van der Waals surface area contributed by atoms with Crippen molar-refractivity contribution in [2.75, 3.05) is 25.5 Å². The Morgan fingerprint density at radius 2 is 1.92 bits per heavy atom. The van der Waals surface area contributed by atoms with E-state index in [4.69, 9.17) is 0 Å². The minimum absolute atomic E-state index is 0.109. The van der Waals surface area contributed by atoms with E-state index in [2.05, 4.69) is 9.97 Å². The maximum Gasteiger partial charge on any atom is 0.243 e. The van der Waals surface area contributed by atoms with Crippen LogP contribution >= 0.6 is 11.3 Å². The zero-order valence-electron chi connectivity index (χ0n) is 14.3. The predicted octanol–water partition coefficient (Wildman–Crippen LogP) is 2.64. The molecule has 3 aromatic rings. The van der Waals surface area contributed by atoms with Crippen molar-refractivity contribution in [3.05, 3.63) is 46.9 Å². The van der Waals surface area contributed by atoms with Gasteiger partial charge in [-0.3, -0.25) is 0 Å². The van der Waals surface area contributed by atoms with Crippen molar-refractivity contribution in [2.45, 2.75) is 17.9 Å². The molecule has 0 aliphatic carbocycles. The standard InChI is InChI=1S/C17H17FN4O2S2/c1-21(2)16-15-13-7-8-22(9-14(13)25-17(15)20-10-19-16)26(23,24)12-5-3-11(18)4-6-12/h3-6,10H,7-9H2,1-2H3. The molecule has 1 aliphatic rings. The lowest BCUT2D eigenvalue weighted by molar-refractivity contribution is 0.396. The Hall–Kier alpha value is -2.10. The molecule has 9 heteroatoms. The highest BCUT2D eigenvalue weighted by atomic mass is 32.2. The SMILES string of the molecule is CN(C)c1ncnc2sc3c(c12)CCN(S(=O)(=O)c1ccc(F)cc1)C3. The fourth-order valence-corrected chi connectivity index (χ4v) is 5.88. The molecule has 0 bridgehead atoms. The fraction of sp³-hybridized carbons (Fsp3) is 0.294. The Balaban J connectivity index is 1.73. The van der Waals surface area contributed by atoms with Gasteiger partial charge in [-0.1, -0.05) is 0 Å². The summed E-state index contributed by atoms with van der Waals surface area (Å²) >= 11 is 1.50. The average molecular weight is 392 g/mol. The topological polar surface area (TPSA) is 66.4 Å². The molecule has 0 N–H and O–H groups in total. The second kappa shape index (κ2) is 6.26. The largest absolute Gasteiger partial charge is 0.362 e. The van der Waals surface area contributed by atoms with E-state index in [1.54, 1.807) is 0 Å². The molecule has 3 heterocycles. The second-order valence-corrected chi connectivity index (χ2v) is 9.34. The Morgan fingerprint density at radius 1 is 1.19 bits per heavy atom. The molecule has 136 valence electrons. The average Bonchev–Trinajstić information content (AvgIpc) is 2.99. The monoisotopic (exact) mass is 392 g/mol. The van der Waals surface area contributed by atoms with Gasteiger partial charge in [-0.25, -0.2) is 22.8 Å². The number of hydrogen-bond acceptors (Lipinski definition) is 6. The number of hydrogen-bond donors (Lipinski definition) is 0. The molecule has 26 heavy (non-hydrogen) atoms. The minimum atomic E-state index is -3.66. The summed E-state index contributed by atoms with van der Waals surface area (Å²) < 4.78 is 40.3. The third kappa shape index (κ3) is 2.76. The summed E-state index contributed by atoms with van der Waals surface area (Å²) in [5.41, 5.74) is 1.12. The van der Waals surface area contributed by atoms with Crippen LogP contribution < -0.4 is 4.90 Å². The maximum absolute atomic E-state index is 13.1. The van der Waals surface area contributed by atoms with Gasteiger partial charge in [-0.05, 0) is 36.2 Å². The Morgan fingerprint density at radius 3 is 2.62 bits per heavy atom. The first kappa shape index (κ1) is 17.3. The third-order valence-electron chi connectivity index (χ3n) is 4.46. The molecule has 0 unspecified atom stereocenters. The number of rotatable bonds is 3. The van der Waals surface area contributed by atoms with Crippen LogP contribution in [0.5, 0.6) is 0 Å². The minimum Gasteiger partial charge on any atom is -0.362 e. The van der Waals surface area contributed by atoms with Gasteiger partial charge in [0, 0.05) is 32.1 Å². The smallest absolute Gasteiger partial charge is 0.243 e. The fourth-order valence-electron chi connectivity index (χ4n) is 3.19. The van der Waals surface area contributed by atoms with Crippen LogP contribution in [0.25, 0.3) is 10.2 Å². The van der Waals surface area contributed by atoms with E-state index in [1.165, 1.54) is 46.2 Å². The Kier molecular flexibility index (Phi) is 4.17. The van der Waals surface area contributed by atoms with Crippen molar-refractivity contribution < 1.29 is 12.8 Å². The van der Waals surface area contributed by atoms with Crippen molar-refractivity contribution in [1.29, 1.82) is 0 Å². The lowest BCUT2D eigenvalue weighted by atomic mass is 10.1. The van der Waals surface area contributed by atoms with Crippen LogP contribution in [-0.2, 0) is 23.0 Å².